The summed E-state index contributed by atoms with van der Waals surface area (Å²) in [6, 6.07) is 0.659. The van der Waals surface area contributed by atoms with E-state index in [4.69, 9.17) is 16.7 Å². The van der Waals surface area contributed by atoms with E-state index in [0.717, 1.165) is 0 Å². The maximum atomic E-state index is 11.9. The number of carboxylic acid groups (broad SMARTS) is 1. The van der Waals surface area contributed by atoms with Gasteiger partial charge in [0.05, 0.1) is 10.6 Å². The fourth-order valence-corrected chi connectivity index (χ4v) is 1.77. The third kappa shape index (κ3) is 3.70. The average Bonchev–Trinajstić information content (AvgIpc) is 2.27. The molecule has 0 aliphatic rings. The van der Waals surface area contributed by atoms with Crippen LogP contribution >= 0.6 is 11.6 Å². The highest BCUT2D eigenvalue weighted by atomic mass is 35.5. The van der Waals surface area contributed by atoms with Crippen LogP contribution in [0.1, 0.15) is 35.8 Å². The molecule has 1 amide bonds. The Kier molecular flexibility index (Phi) is 5.09. The second-order valence-electron chi connectivity index (χ2n) is 3.96. The van der Waals surface area contributed by atoms with Gasteiger partial charge >= 0.3 is 5.97 Å². The van der Waals surface area contributed by atoms with E-state index in [-0.39, 0.29) is 10.6 Å². The quantitative estimate of drug-likeness (QED) is 0.858. The molecule has 0 radical (unpaired) electrons. The lowest BCUT2D eigenvalue weighted by atomic mass is 10.1. The summed E-state index contributed by atoms with van der Waals surface area (Å²) in [6.45, 7) is 3.60. The molecular weight excluding hydrogens is 256 g/mol. The highest BCUT2D eigenvalue weighted by Gasteiger charge is 2.21. The standard InChI is InChI=1S/C12H15ClN2O3/c1-3-4-10(12(17)18)15-11(16)8-6-14-7(2)5-9(8)13/h5-6,10H,3-4H2,1-2H3,(H,15,16)(H,17,18)/t10-/m0/s1. The van der Waals surface area contributed by atoms with Gasteiger partial charge in [0.2, 0.25) is 0 Å². The number of hydrogen-bond acceptors (Lipinski definition) is 3. The number of amides is 1. The smallest absolute Gasteiger partial charge is 0.326 e. The van der Waals surface area contributed by atoms with Crippen LogP contribution in [0.5, 0.6) is 0 Å². The lowest BCUT2D eigenvalue weighted by Gasteiger charge is -2.14. The van der Waals surface area contributed by atoms with Gasteiger partial charge in [-0.2, -0.15) is 0 Å². The number of carbonyl (C=O) groups excluding carboxylic acids is 1. The lowest BCUT2D eigenvalue weighted by Crippen LogP contribution is -2.40. The van der Waals surface area contributed by atoms with E-state index in [2.05, 4.69) is 10.3 Å². The number of aromatic nitrogens is 1. The Balaban J connectivity index is 2.83. The number of nitrogens with one attached hydrogen (secondary N) is 1. The fraction of sp³-hybridized carbons (Fsp3) is 0.417. The lowest BCUT2D eigenvalue weighted by molar-refractivity contribution is -0.139. The summed E-state index contributed by atoms with van der Waals surface area (Å²) in [6.07, 6.45) is 2.38. The van der Waals surface area contributed by atoms with Gasteiger partial charge in [-0.1, -0.05) is 24.9 Å². The number of pyridine rings is 1. The molecule has 0 aromatic carbocycles. The molecular formula is C12H15ClN2O3. The third-order valence-corrected chi connectivity index (χ3v) is 2.73. The largest absolute Gasteiger partial charge is 0.480 e. The molecule has 98 valence electrons. The topological polar surface area (TPSA) is 79.3 Å². The van der Waals surface area contributed by atoms with Gasteiger partial charge in [-0.3, -0.25) is 9.78 Å². The van der Waals surface area contributed by atoms with Crippen LogP contribution in [-0.4, -0.2) is 28.0 Å². The maximum Gasteiger partial charge on any atom is 0.326 e. The van der Waals surface area contributed by atoms with Crippen LogP contribution in [0, 0.1) is 6.92 Å². The maximum absolute atomic E-state index is 11.9. The summed E-state index contributed by atoms with van der Waals surface area (Å²) in [5.74, 6) is -1.57. The number of carboxylic acids is 1. The van der Waals surface area contributed by atoms with Gasteiger partial charge < -0.3 is 10.4 Å². The van der Waals surface area contributed by atoms with Crippen LogP contribution in [0.2, 0.25) is 5.02 Å². The first-order valence-electron chi connectivity index (χ1n) is 5.61. The number of hydrogen-bond donors (Lipinski definition) is 2. The number of aryl methyl sites for hydroxylation is 1. The van der Waals surface area contributed by atoms with E-state index in [9.17, 15) is 9.59 Å². The third-order valence-electron chi connectivity index (χ3n) is 2.42. The molecule has 18 heavy (non-hydrogen) atoms. The van der Waals surface area contributed by atoms with Crippen molar-refractivity contribution in [3.05, 3.63) is 28.5 Å². The van der Waals surface area contributed by atoms with E-state index in [1.165, 1.54) is 6.20 Å². The molecule has 0 fully saturated rings. The Morgan fingerprint density at radius 1 is 1.56 bits per heavy atom. The predicted molar refractivity (Wildman–Crippen MR) is 67.8 cm³/mol. The van der Waals surface area contributed by atoms with E-state index in [1.54, 1.807) is 13.0 Å². The first-order valence-corrected chi connectivity index (χ1v) is 5.99. The molecule has 5 nitrogen and oxygen atoms in total. The Morgan fingerprint density at radius 3 is 2.72 bits per heavy atom. The van der Waals surface area contributed by atoms with Crippen molar-refractivity contribution in [3.8, 4) is 0 Å². The minimum Gasteiger partial charge on any atom is -0.480 e. The SMILES string of the molecule is CCC[C@H](NC(=O)c1cnc(C)cc1Cl)C(=O)O. The molecule has 0 saturated heterocycles. The number of aliphatic carboxylic acids is 1. The van der Waals surface area contributed by atoms with Crippen molar-refractivity contribution < 1.29 is 14.7 Å². The van der Waals surface area contributed by atoms with Crippen LogP contribution in [0.4, 0.5) is 0 Å². The molecule has 1 heterocycles. The van der Waals surface area contributed by atoms with Crippen molar-refractivity contribution in [2.24, 2.45) is 0 Å². The van der Waals surface area contributed by atoms with E-state index >= 15 is 0 Å². The van der Waals surface area contributed by atoms with Gasteiger partial charge in [0.1, 0.15) is 6.04 Å². The zero-order chi connectivity index (χ0) is 13.7. The van der Waals surface area contributed by atoms with Gasteiger partial charge in [-0.05, 0) is 19.4 Å². The number of carbonyl (C=O) groups is 2. The molecule has 0 spiro atoms. The van der Waals surface area contributed by atoms with Gasteiger partial charge in [0, 0.05) is 11.9 Å². The molecule has 1 aromatic heterocycles. The second kappa shape index (κ2) is 6.35. The van der Waals surface area contributed by atoms with Crippen molar-refractivity contribution in [2.45, 2.75) is 32.7 Å². The molecule has 1 atom stereocenters. The summed E-state index contributed by atoms with van der Waals surface area (Å²) in [5, 5.41) is 11.6. The second-order valence-corrected chi connectivity index (χ2v) is 4.37. The summed E-state index contributed by atoms with van der Waals surface area (Å²) in [4.78, 5) is 26.8. The minimum atomic E-state index is -1.05. The first-order chi connectivity index (χ1) is 8.45. The number of nitrogens with zero attached hydrogens (tertiary/aromatic N) is 1. The number of halogens is 1. The minimum absolute atomic E-state index is 0.185. The van der Waals surface area contributed by atoms with Gasteiger partial charge in [-0.25, -0.2) is 4.79 Å². The fourth-order valence-electron chi connectivity index (χ4n) is 1.48. The Hall–Kier alpha value is -1.62. The summed E-state index contributed by atoms with van der Waals surface area (Å²) < 4.78 is 0. The zero-order valence-corrected chi connectivity index (χ0v) is 11.0. The number of rotatable bonds is 5. The van der Waals surface area contributed by atoms with Gasteiger partial charge in [0.25, 0.3) is 5.91 Å². The summed E-state index contributed by atoms with van der Waals surface area (Å²) in [5.41, 5.74) is 0.879. The van der Waals surface area contributed by atoms with Crippen LogP contribution in [0.3, 0.4) is 0 Å². The molecule has 0 saturated carbocycles. The zero-order valence-electron chi connectivity index (χ0n) is 10.2. The molecule has 0 aliphatic carbocycles. The molecule has 0 bridgehead atoms. The normalized spacial score (nSPS) is 11.9. The highest BCUT2D eigenvalue weighted by molar-refractivity contribution is 6.33. The van der Waals surface area contributed by atoms with Crippen molar-refractivity contribution >= 4 is 23.5 Å². The van der Waals surface area contributed by atoms with Crippen LogP contribution in [0.25, 0.3) is 0 Å². The van der Waals surface area contributed by atoms with Crippen LogP contribution < -0.4 is 5.32 Å². The van der Waals surface area contributed by atoms with Crippen LogP contribution in [-0.2, 0) is 4.79 Å². The molecule has 1 aromatic rings. The highest BCUT2D eigenvalue weighted by Crippen LogP contribution is 2.15. The molecule has 0 aliphatic heterocycles. The van der Waals surface area contributed by atoms with Gasteiger partial charge in [-0.15, -0.1) is 0 Å². The summed E-state index contributed by atoms with van der Waals surface area (Å²) in [7, 11) is 0. The summed E-state index contributed by atoms with van der Waals surface area (Å²) >= 11 is 5.92. The Labute approximate surface area is 110 Å². The van der Waals surface area contributed by atoms with Crippen molar-refractivity contribution in [1.29, 1.82) is 0 Å². The molecule has 6 heteroatoms. The van der Waals surface area contributed by atoms with E-state index < -0.39 is 17.9 Å². The molecule has 1 rings (SSSR count). The van der Waals surface area contributed by atoms with Crippen molar-refractivity contribution in [2.75, 3.05) is 0 Å². The van der Waals surface area contributed by atoms with Crippen molar-refractivity contribution in [3.63, 3.8) is 0 Å². The van der Waals surface area contributed by atoms with Crippen LogP contribution in [0.15, 0.2) is 12.3 Å². The molecule has 2 N–H and O–H groups in total. The molecule has 0 unspecified atom stereocenters. The Bertz CT molecular complexity index is 463. The average molecular weight is 271 g/mol. The van der Waals surface area contributed by atoms with E-state index in [1.807, 2.05) is 6.92 Å². The van der Waals surface area contributed by atoms with E-state index in [0.29, 0.717) is 18.5 Å². The monoisotopic (exact) mass is 270 g/mol. The predicted octanol–water partition coefficient (Wildman–Crippen LogP) is 2.03. The van der Waals surface area contributed by atoms with Crippen molar-refractivity contribution in [1.82, 2.24) is 10.3 Å². The van der Waals surface area contributed by atoms with Gasteiger partial charge in [0.15, 0.2) is 0 Å². The Morgan fingerprint density at radius 2 is 2.22 bits per heavy atom. The first kappa shape index (κ1) is 14.4.